The third-order valence-electron chi connectivity index (χ3n) is 3.56. The van der Waals surface area contributed by atoms with Crippen LogP contribution in [0.5, 0.6) is 0 Å². The average molecular weight is 312 g/mol. The van der Waals surface area contributed by atoms with E-state index in [4.69, 9.17) is 5.11 Å². The number of carbonyl (C=O) groups excluding carboxylic acids is 1. The largest absolute Gasteiger partial charge is 0.481 e. The fourth-order valence-corrected chi connectivity index (χ4v) is 2.82. The summed E-state index contributed by atoms with van der Waals surface area (Å²) in [7, 11) is 0. The van der Waals surface area contributed by atoms with Gasteiger partial charge in [0.15, 0.2) is 0 Å². The van der Waals surface area contributed by atoms with Gasteiger partial charge in [-0.1, -0.05) is 20.8 Å². The maximum absolute atomic E-state index is 11.9. The SMILES string of the molecule is Cc1nc(C(=O)NCCC(CCC(=O)O)C(C)(C)C)cs1. The summed E-state index contributed by atoms with van der Waals surface area (Å²) < 4.78 is 0. The molecule has 21 heavy (non-hydrogen) atoms. The van der Waals surface area contributed by atoms with Gasteiger partial charge in [0.05, 0.1) is 5.01 Å². The monoisotopic (exact) mass is 312 g/mol. The lowest BCUT2D eigenvalue weighted by Gasteiger charge is -2.30. The first-order chi connectivity index (χ1) is 9.70. The number of carboxylic acid groups (broad SMARTS) is 1. The van der Waals surface area contributed by atoms with Crippen molar-refractivity contribution < 1.29 is 14.7 Å². The highest BCUT2D eigenvalue weighted by Crippen LogP contribution is 2.32. The molecule has 0 aliphatic rings. The van der Waals surface area contributed by atoms with Gasteiger partial charge in [-0.05, 0) is 31.1 Å². The molecule has 0 spiro atoms. The van der Waals surface area contributed by atoms with Crippen LogP contribution < -0.4 is 5.32 Å². The predicted octanol–water partition coefficient (Wildman–Crippen LogP) is 3.10. The lowest BCUT2D eigenvalue weighted by Crippen LogP contribution is -2.30. The topological polar surface area (TPSA) is 79.3 Å². The number of aryl methyl sites for hydroxylation is 1. The van der Waals surface area contributed by atoms with E-state index in [0.29, 0.717) is 18.7 Å². The second-order valence-electron chi connectivity index (χ2n) is 6.29. The van der Waals surface area contributed by atoms with E-state index in [2.05, 4.69) is 31.1 Å². The van der Waals surface area contributed by atoms with E-state index in [1.54, 1.807) is 5.38 Å². The summed E-state index contributed by atoms with van der Waals surface area (Å²) in [6, 6.07) is 0. The summed E-state index contributed by atoms with van der Waals surface area (Å²) in [5, 5.41) is 14.3. The summed E-state index contributed by atoms with van der Waals surface area (Å²) in [6.45, 7) is 8.71. The molecule has 1 rings (SSSR count). The van der Waals surface area contributed by atoms with E-state index in [-0.39, 0.29) is 23.7 Å². The van der Waals surface area contributed by atoms with Crippen LogP contribution in [0, 0.1) is 18.3 Å². The van der Waals surface area contributed by atoms with E-state index < -0.39 is 5.97 Å². The van der Waals surface area contributed by atoms with Crippen LogP contribution in [0.15, 0.2) is 5.38 Å². The van der Waals surface area contributed by atoms with Crippen molar-refractivity contribution in [1.82, 2.24) is 10.3 Å². The summed E-state index contributed by atoms with van der Waals surface area (Å²) in [4.78, 5) is 26.8. The molecule has 0 aliphatic heterocycles. The molecular weight excluding hydrogens is 288 g/mol. The first kappa shape index (κ1) is 17.6. The van der Waals surface area contributed by atoms with Gasteiger partial charge >= 0.3 is 5.97 Å². The van der Waals surface area contributed by atoms with Gasteiger partial charge < -0.3 is 10.4 Å². The molecule has 1 heterocycles. The minimum absolute atomic E-state index is 0.0252. The molecule has 118 valence electrons. The number of carboxylic acids is 1. The molecule has 1 amide bonds. The zero-order valence-corrected chi connectivity index (χ0v) is 13.9. The average Bonchev–Trinajstić information content (AvgIpc) is 2.78. The maximum Gasteiger partial charge on any atom is 0.303 e. The van der Waals surface area contributed by atoms with Crippen molar-refractivity contribution in [3.05, 3.63) is 16.1 Å². The number of carbonyl (C=O) groups is 2. The van der Waals surface area contributed by atoms with Crippen LogP contribution in [0.4, 0.5) is 0 Å². The Labute approximate surface area is 129 Å². The second kappa shape index (κ2) is 7.54. The van der Waals surface area contributed by atoms with Gasteiger partial charge in [-0.15, -0.1) is 11.3 Å². The first-order valence-electron chi connectivity index (χ1n) is 7.12. The zero-order chi connectivity index (χ0) is 16.0. The third kappa shape index (κ3) is 6.25. The Kier molecular flexibility index (Phi) is 6.33. The predicted molar refractivity (Wildman–Crippen MR) is 83.6 cm³/mol. The Balaban J connectivity index is 2.46. The highest BCUT2D eigenvalue weighted by molar-refractivity contribution is 7.09. The number of hydrogen-bond donors (Lipinski definition) is 2. The maximum atomic E-state index is 11.9. The van der Waals surface area contributed by atoms with Crippen molar-refractivity contribution in [1.29, 1.82) is 0 Å². The van der Waals surface area contributed by atoms with Crippen LogP contribution in [-0.2, 0) is 4.79 Å². The molecule has 1 atom stereocenters. The number of nitrogens with zero attached hydrogens (tertiary/aromatic N) is 1. The van der Waals surface area contributed by atoms with Crippen molar-refractivity contribution >= 4 is 23.2 Å². The van der Waals surface area contributed by atoms with Gasteiger partial charge in [0, 0.05) is 18.3 Å². The number of hydrogen-bond acceptors (Lipinski definition) is 4. The van der Waals surface area contributed by atoms with Crippen molar-refractivity contribution in [3.8, 4) is 0 Å². The van der Waals surface area contributed by atoms with Gasteiger partial charge in [-0.25, -0.2) is 4.98 Å². The van der Waals surface area contributed by atoms with Crippen LogP contribution in [0.3, 0.4) is 0 Å². The third-order valence-corrected chi connectivity index (χ3v) is 4.33. The van der Waals surface area contributed by atoms with E-state index in [1.807, 2.05) is 6.92 Å². The van der Waals surface area contributed by atoms with Gasteiger partial charge in [0.25, 0.3) is 5.91 Å². The minimum Gasteiger partial charge on any atom is -0.481 e. The number of thiazole rings is 1. The Morgan fingerprint density at radius 2 is 2.05 bits per heavy atom. The standard InChI is InChI=1S/C15H24N2O3S/c1-10-17-12(9-21-10)14(20)16-8-7-11(15(2,3)4)5-6-13(18)19/h9,11H,5-8H2,1-4H3,(H,16,20)(H,18,19). The van der Waals surface area contributed by atoms with E-state index in [1.165, 1.54) is 11.3 Å². The zero-order valence-electron chi connectivity index (χ0n) is 13.1. The quantitative estimate of drug-likeness (QED) is 0.811. The van der Waals surface area contributed by atoms with E-state index >= 15 is 0 Å². The fraction of sp³-hybridized carbons (Fsp3) is 0.667. The van der Waals surface area contributed by atoms with Gasteiger partial charge in [-0.3, -0.25) is 9.59 Å². The molecule has 6 heteroatoms. The summed E-state index contributed by atoms with van der Waals surface area (Å²) in [6.07, 6.45) is 1.57. The number of nitrogens with one attached hydrogen (secondary N) is 1. The van der Waals surface area contributed by atoms with Crippen LogP contribution in [0.2, 0.25) is 0 Å². The van der Waals surface area contributed by atoms with Gasteiger partial charge in [0.2, 0.25) is 0 Å². The van der Waals surface area contributed by atoms with Crippen LogP contribution in [0.1, 0.15) is 55.5 Å². The molecule has 0 bridgehead atoms. The molecule has 1 aromatic heterocycles. The highest BCUT2D eigenvalue weighted by Gasteiger charge is 2.25. The van der Waals surface area contributed by atoms with Crippen LogP contribution in [0.25, 0.3) is 0 Å². The molecule has 0 radical (unpaired) electrons. The fourth-order valence-electron chi connectivity index (χ4n) is 2.23. The number of rotatable bonds is 7. The van der Waals surface area contributed by atoms with Crippen LogP contribution in [-0.4, -0.2) is 28.5 Å². The molecule has 0 saturated heterocycles. The molecule has 1 unspecified atom stereocenters. The lowest BCUT2D eigenvalue weighted by atomic mass is 9.76. The number of aromatic nitrogens is 1. The minimum atomic E-state index is -0.772. The molecule has 5 nitrogen and oxygen atoms in total. The first-order valence-corrected chi connectivity index (χ1v) is 8.00. The Morgan fingerprint density at radius 1 is 1.38 bits per heavy atom. The number of aliphatic carboxylic acids is 1. The van der Waals surface area contributed by atoms with E-state index in [0.717, 1.165) is 11.4 Å². The van der Waals surface area contributed by atoms with Crippen molar-refractivity contribution in [2.45, 2.75) is 47.0 Å². The van der Waals surface area contributed by atoms with Gasteiger partial charge in [0.1, 0.15) is 5.69 Å². The molecular formula is C15H24N2O3S. The summed E-state index contributed by atoms with van der Waals surface area (Å²) in [5.41, 5.74) is 0.479. The van der Waals surface area contributed by atoms with Crippen molar-refractivity contribution in [2.75, 3.05) is 6.54 Å². The molecule has 0 aliphatic carbocycles. The Morgan fingerprint density at radius 3 is 2.52 bits per heavy atom. The Hall–Kier alpha value is -1.43. The van der Waals surface area contributed by atoms with Gasteiger partial charge in [-0.2, -0.15) is 0 Å². The smallest absolute Gasteiger partial charge is 0.303 e. The molecule has 2 N–H and O–H groups in total. The van der Waals surface area contributed by atoms with Crippen molar-refractivity contribution in [2.24, 2.45) is 11.3 Å². The lowest BCUT2D eigenvalue weighted by molar-refractivity contribution is -0.137. The summed E-state index contributed by atoms with van der Waals surface area (Å²) in [5.74, 6) is -0.678. The normalized spacial score (nSPS) is 13.0. The number of amides is 1. The summed E-state index contributed by atoms with van der Waals surface area (Å²) >= 11 is 1.45. The molecule has 1 aromatic rings. The second-order valence-corrected chi connectivity index (χ2v) is 7.35. The van der Waals surface area contributed by atoms with Crippen LogP contribution >= 0.6 is 11.3 Å². The van der Waals surface area contributed by atoms with Crippen molar-refractivity contribution in [3.63, 3.8) is 0 Å². The highest BCUT2D eigenvalue weighted by atomic mass is 32.1. The Bertz CT molecular complexity index is 491. The molecule has 0 fully saturated rings. The van der Waals surface area contributed by atoms with E-state index in [9.17, 15) is 9.59 Å². The molecule has 0 aromatic carbocycles. The molecule has 0 saturated carbocycles.